The van der Waals surface area contributed by atoms with E-state index in [4.69, 9.17) is 0 Å². The van der Waals surface area contributed by atoms with Crippen molar-refractivity contribution in [2.75, 3.05) is 6.61 Å². The number of rotatable bonds is 1. The van der Waals surface area contributed by atoms with Gasteiger partial charge in [0.2, 0.25) is 0 Å². The van der Waals surface area contributed by atoms with Crippen LogP contribution in [0.4, 0.5) is 0 Å². The first-order chi connectivity index (χ1) is 10.7. The average Bonchev–Trinajstić information content (AvgIpc) is 2.70. The SMILES string of the molecule is CC1(C)C(O)CC[C@]2(C)[C@H]1CC[C@@]13CC(CC[C@@H]12)[C@](O)(CO)C3. The van der Waals surface area contributed by atoms with E-state index in [1.165, 1.54) is 19.3 Å². The van der Waals surface area contributed by atoms with E-state index in [-0.39, 0.29) is 29.0 Å². The van der Waals surface area contributed by atoms with E-state index < -0.39 is 5.60 Å². The number of hydrogen-bond donors (Lipinski definition) is 3. The second kappa shape index (κ2) is 4.74. The molecular weight excluding hydrogens is 288 g/mol. The molecule has 3 nitrogen and oxygen atoms in total. The molecule has 2 unspecified atom stereocenters. The molecule has 1 spiro atoms. The third kappa shape index (κ3) is 1.93. The maximum absolute atomic E-state index is 10.9. The lowest BCUT2D eigenvalue weighted by Crippen LogP contribution is -2.59. The molecule has 0 radical (unpaired) electrons. The van der Waals surface area contributed by atoms with Gasteiger partial charge in [-0.25, -0.2) is 0 Å². The van der Waals surface area contributed by atoms with Crippen LogP contribution < -0.4 is 0 Å². The molecule has 0 aromatic carbocycles. The number of aliphatic hydroxyl groups excluding tert-OH is 2. The van der Waals surface area contributed by atoms with Gasteiger partial charge in [0.1, 0.15) is 0 Å². The van der Waals surface area contributed by atoms with Crippen LogP contribution in [0.25, 0.3) is 0 Å². The highest BCUT2D eigenvalue weighted by molar-refractivity contribution is 5.17. The third-order valence-electron chi connectivity index (χ3n) is 9.12. The summed E-state index contributed by atoms with van der Waals surface area (Å²) in [5, 5.41) is 31.3. The summed E-state index contributed by atoms with van der Waals surface area (Å²) < 4.78 is 0. The Hall–Kier alpha value is -0.120. The molecule has 0 heterocycles. The summed E-state index contributed by atoms with van der Waals surface area (Å²) in [6.45, 7) is 6.94. The van der Waals surface area contributed by atoms with Crippen LogP contribution in [-0.4, -0.2) is 33.6 Å². The van der Waals surface area contributed by atoms with Crippen LogP contribution in [0.2, 0.25) is 0 Å². The van der Waals surface area contributed by atoms with Gasteiger partial charge in [-0.05, 0) is 85.4 Å². The van der Waals surface area contributed by atoms with Crippen molar-refractivity contribution in [3.05, 3.63) is 0 Å². The Labute approximate surface area is 140 Å². The molecule has 4 saturated carbocycles. The monoisotopic (exact) mass is 322 g/mol. The summed E-state index contributed by atoms with van der Waals surface area (Å²) in [4.78, 5) is 0. The van der Waals surface area contributed by atoms with E-state index in [1.54, 1.807) is 0 Å². The molecule has 0 aliphatic heterocycles. The Morgan fingerprint density at radius 3 is 2.39 bits per heavy atom. The largest absolute Gasteiger partial charge is 0.393 e. The van der Waals surface area contributed by atoms with Gasteiger partial charge in [0.25, 0.3) is 0 Å². The molecule has 23 heavy (non-hydrogen) atoms. The Bertz CT molecular complexity index is 503. The number of fused-ring (bicyclic) bond motifs is 3. The van der Waals surface area contributed by atoms with Gasteiger partial charge in [-0.1, -0.05) is 20.8 Å². The minimum Gasteiger partial charge on any atom is -0.393 e. The summed E-state index contributed by atoms with van der Waals surface area (Å²) in [5.74, 6) is 1.53. The van der Waals surface area contributed by atoms with Crippen molar-refractivity contribution in [3.63, 3.8) is 0 Å². The van der Waals surface area contributed by atoms with Gasteiger partial charge in [0, 0.05) is 0 Å². The summed E-state index contributed by atoms with van der Waals surface area (Å²) >= 11 is 0. The Morgan fingerprint density at radius 2 is 1.70 bits per heavy atom. The lowest BCUT2D eigenvalue weighted by atomic mass is 9.41. The van der Waals surface area contributed by atoms with Crippen LogP contribution >= 0.6 is 0 Å². The third-order valence-corrected chi connectivity index (χ3v) is 9.12. The van der Waals surface area contributed by atoms with Crippen LogP contribution in [-0.2, 0) is 0 Å². The lowest BCUT2D eigenvalue weighted by molar-refractivity contribution is -0.180. The molecule has 132 valence electrons. The molecule has 0 saturated heterocycles. The zero-order valence-electron chi connectivity index (χ0n) is 15.0. The fourth-order valence-electron chi connectivity index (χ4n) is 8.02. The lowest BCUT2D eigenvalue weighted by Gasteiger charge is -2.64. The van der Waals surface area contributed by atoms with Crippen LogP contribution in [0, 0.1) is 34.0 Å². The minimum absolute atomic E-state index is 0.00263. The van der Waals surface area contributed by atoms with E-state index in [1.807, 2.05) is 0 Å². The van der Waals surface area contributed by atoms with Gasteiger partial charge < -0.3 is 15.3 Å². The molecule has 2 bridgehead atoms. The molecule has 4 aliphatic carbocycles. The summed E-state index contributed by atoms with van der Waals surface area (Å²) in [5.41, 5.74) is -0.310. The highest BCUT2D eigenvalue weighted by Crippen LogP contribution is 2.72. The number of hydrogen-bond acceptors (Lipinski definition) is 3. The predicted octanol–water partition coefficient (Wildman–Crippen LogP) is 3.11. The molecule has 7 atom stereocenters. The average molecular weight is 322 g/mol. The standard InChI is InChI=1S/C20H34O3/c1-17(2)14-6-9-19-10-13(20(23,11-19)12-21)4-5-15(19)18(14,3)8-7-16(17)22/h13-16,21-23H,4-12H2,1-3H3/t13?,14-,15+,16?,18+,19-,20+/m0/s1. The van der Waals surface area contributed by atoms with Gasteiger partial charge in [-0.3, -0.25) is 0 Å². The first-order valence-corrected chi connectivity index (χ1v) is 9.69. The van der Waals surface area contributed by atoms with E-state index in [0.717, 1.165) is 32.1 Å². The maximum Gasteiger partial charge on any atom is 0.0910 e. The fraction of sp³-hybridized carbons (Fsp3) is 1.00. The maximum atomic E-state index is 10.9. The second-order valence-electron chi connectivity index (χ2n) is 10.3. The topological polar surface area (TPSA) is 60.7 Å². The summed E-state index contributed by atoms with van der Waals surface area (Å²) in [6, 6.07) is 0. The van der Waals surface area contributed by atoms with Gasteiger partial charge in [0.05, 0.1) is 18.3 Å². The summed E-state index contributed by atoms with van der Waals surface area (Å²) in [7, 11) is 0. The van der Waals surface area contributed by atoms with Gasteiger partial charge in [-0.2, -0.15) is 0 Å². The Morgan fingerprint density at radius 1 is 0.957 bits per heavy atom. The predicted molar refractivity (Wildman–Crippen MR) is 89.8 cm³/mol. The molecule has 3 heteroatoms. The zero-order valence-corrected chi connectivity index (χ0v) is 15.0. The molecule has 0 aromatic heterocycles. The van der Waals surface area contributed by atoms with E-state index in [0.29, 0.717) is 17.8 Å². The summed E-state index contributed by atoms with van der Waals surface area (Å²) in [6.07, 6.45) is 8.39. The molecule has 3 N–H and O–H groups in total. The molecule has 4 aliphatic rings. The van der Waals surface area contributed by atoms with Crippen LogP contribution in [0.5, 0.6) is 0 Å². The van der Waals surface area contributed by atoms with Crippen molar-refractivity contribution >= 4 is 0 Å². The first kappa shape index (κ1) is 16.4. The Balaban J connectivity index is 1.72. The molecule has 4 fully saturated rings. The van der Waals surface area contributed by atoms with Gasteiger partial charge >= 0.3 is 0 Å². The van der Waals surface area contributed by atoms with Crippen LogP contribution in [0.15, 0.2) is 0 Å². The second-order valence-corrected chi connectivity index (χ2v) is 10.3. The fourth-order valence-corrected chi connectivity index (χ4v) is 8.02. The Kier molecular flexibility index (Phi) is 3.37. The minimum atomic E-state index is -0.832. The normalized spacial score (nSPS) is 57.7. The molecule has 4 rings (SSSR count). The van der Waals surface area contributed by atoms with Gasteiger partial charge in [0.15, 0.2) is 0 Å². The van der Waals surface area contributed by atoms with Crippen molar-refractivity contribution in [2.45, 2.75) is 83.8 Å². The highest BCUT2D eigenvalue weighted by atomic mass is 16.3. The number of aliphatic hydroxyl groups is 3. The first-order valence-electron chi connectivity index (χ1n) is 9.69. The van der Waals surface area contributed by atoms with Crippen LogP contribution in [0.1, 0.15) is 72.1 Å². The van der Waals surface area contributed by atoms with Crippen molar-refractivity contribution in [3.8, 4) is 0 Å². The van der Waals surface area contributed by atoms with Gasteiger partial charge in [-0.15, -0.1) is 0 Å². The highest BCUT2D eigenvalue weighted by Gasteiger charge is 2.67. The molecule has 0 aromatic rings. The van der Waals surface area contributed by atoms with Crippen LogP contribution in [0.3, 0.4) is 0 Å². The zero-order chi connectivity index (χ0) is 16.7. The van der Waals surface area contributed by atoms with Crippen molar-refractivity contribution in [2.24, 2.45) is 34.0 Å². The van der Waals surface area contributed by atoms with E-state index in [2.05, 4.69) is 20.8 Å². The quantitative estimate of drug-likeness (QED) is 0.695. The molecular formula is C20H34O3. The van der Waals surface area contributed by atoms with Crippen molar-refractivity contribution in [1.29, 1.82) is 0 Å². The van der Waals surface area contributed by atoms with Crippen molar-refractivity contribution in [1.82, 2.24) is 0 Å². The smallest absolute Gasteiger partial charge is 0.0910 e. The van der Waals surface area contributed by atoms with Crippen molar-refractivity contribution < 1.29 is 15.3 Å². The van der Waals surface area contributed by atoms with E-state index in [9.17, 15) is 15.3 Å². The molecule has 0 amide bonds. The van der Waals surface area contributed by atoms with E-state index >= 15 is 0 Å².